The smallest absolute Gasteiger partial charge is 0.242 e. The summed E-state index contributed by atoms with van der Waals surface area (Å²) in [7, 11) is -2.03. The maximum atomic E-state index is 12.0. The van der Waals surface area contributed by atoms with E-state index in [0.29, 0.717) is 5.69 Å². The zero-order chi connectivity index (χ0) is 14.8. The van der Waals surface area contributed by atoms with Gasteiger partial charge in [-0.3, -0.25) is 0 Å². The van der Waals surface area contributed by atoms with E-state index in [9.17, 15) is 8.42 Å². The van der Waals surface area contributed by atoms with Crippen LogP contribution in [0.5, 0.6) is 0 Å². The molecule has 0 aromatic heterocycles. The van der Waals surface area contributed by atoms with Crippen molar-refractivity contribution in [2.45, 2.75) is 49.8 Å². The van der Waals surface area contributed by atoms with Crippen molar-refractivity contribution >= 4 is 15.7 Å². The number of anilines is 1. The van der Waals surface area contributed by atoms with Crippen molar-refractivity contribution in [3.63, 3.8) is 0 Å². The van der Waals surface area contributed by atoms with Gasteiger partial charge in [0.05, 0.1) is 17.9 Å². The Labute approximate surface area is 120 Å². The summed E-state index contributed by atoms with van der Waals surface area (Å²) in [4.78, 5) is 0.286. The third-order valence-electron chi connectivity index (χ3n) is 3.50. The van der Waals surface area contributed by atoms with Gasteiger partial charge in [-0.05, 0) is 45.9 Å². The van der Waals surface area contributed by atoms with Gasteiger partial charge in [0.2, 0.25) is 10.0 Å². The van der Waals surface area contributed by atoms with E-state index in [2.05, 4.69) is 10.0 Å². The SMILES string of the molecule is CNS(=O)(=O)c1ccccc1NC1CC(C)OC(C)C1. The molecule has 2 N–H and O–H groups in total. The van der Waals surface area contributed by atoms with E-state index >= 15 is 0 Å². The highest BCUT2D eigenvalue weighted by molar-refractivity contribution is 7.89. The van der Waals surface area contributed by atoms with Gasteiger partial charge in [0.1, 0.15) is 4.90 Å². The van der Waals surface area contributed by atoms with Gasteiger partial charge in [0.25, 0.3) is 0 Å². The topological polar surface area (TPSA) is 67.4 Å². The largest absolute Gasteiger partial charge is 0.381 e. The van der Waals surface area contributed by atoms with E-state index in [1.807, 2.05) is 19.9 Å². The molecule has 1 aliphatic heterocycles. The maximum absolute atomic E-state index is 12.0. The van der Waals surface area contributed by atoms with Gasteiger partial charge < -0.3 is 10.1 Å². The van der Waals surface area contributed by atoms with Crippen molar-refractivity contribution in [3.8, 4) is 0 Å². The molecule has 112 valence electrons. The van der Waals surface area contributed by atoms with Gasteiger partial charge in [-0.15, -0.1) is 0 Å². The molecule has 0 amide bonds. The van der Waals surface area contributed by atoms with Gasteiger partial charge >= 0.3 is 0 Å². The molecule has 2 atom stereocenters. The number of nitrogens with one attached hydrogen (secondary N) is 2. The molecule has 20 heavy (non-hydrogen) atoms. The first-order chi connectivity index (χ1) is 9.42. The molecule has 2 rings (SSSR count). The molecule has 2 unspecified atom stereocenters. The van der Waals surface area contributed by atoms with Crippen LogP contribution in [0.2, 0.25) is 0 Å². The van der Waals surface area contributed by atoms with Crippen LogP contribution < -0.4 is 10.0 Å². The highest BCUT2D eigenvalue weighted by Crippen LogP contribution is 2.26. The lowest BCUT2D eigenvalue weighted by atomic mass is 9.99. The van der Waals surface area contributed by atoms with Crippen molar-refractivity contribution < 1.29 is 13.2 Å². The Hall–Kier alpha value is -1.11. The average Bonchev–Trinajstić information content (AvgIpc) is 2.38. The third kappa shape index (κ3) is 3.50. The molecule has 1 fully saturated rings. The quantitative estimate of drug-likeness (QED) is 0.892. The lowest BCUT2D eigenvalue weighted by Crippen LogP contribution is -2.37. The second-order valence-electron chi connectivity index (χ2n) is 5.27. The van der Waals surface area contributed by atoms with Crippen LogP contribution >= 0.6 is 0 Å². The summed E-state index contributed by atoms with van der Waals surface area (Å²) < 4.78 is 32.1. The number of hydrogen-bond donors (Lipinski definition) is 2. The summed E-state index contributed by atoms with van der Waals surface area (Å²) in [5, 5.41) is 3.35. The number of ether oxygens (including phenoxy) is 1. The molecule has 1 aliphatic rings. The molecular formula is C14H22N2O3S. The average molecular weight is 298 g/mol. The van der Waals surface area contributed by atoms with E-state index in [0.717, 1.165) is 12.8 Å². The van der Waals surface area contributed by atoms with Crippen LogP contribution in [0.15, 0.2) is 29.2 Å². The number of benzene rings is 1. The second kappa shape index (κ2) is 6.11. The molecule has 0 spiro atoms. The van der Waals surface area contributed by atoms with Crippen LogP contribution in [0.4, 0.5) is 5.69 Å². The van der Waals surface area contributed by atoms with Crippen LogP contribution in [0.25, 0.3) is 0 Å². The fourth-order valence-electron chi connectivity index (χ4n) is 2.67. The Kier molecular flexibility index (Phi) is 4.67. The number of hydrogen-bond acceptors (Lipinski definition) is 4. The first-order valence-electron chi connectivity index (χ1n) is 6.87. The van der Waals surface area contributed by atoms with E-state index in [1.165, 1.54) is 7.05 Å². The lowest BCUT2D eigenvalue weighted by Gasteiger charge is -2.33. The number of rotatable bonds is 4. The van der Waals surface area contributed by atoms with E-state index < -0.39 is 10.0 Å². The van der Waals surface area contributed by atoms with Crippen LogP contribution in [0.1, 0.15) is 26.7 Å². The van der Waals surface area contributed by atoms with Gasteiger partial charge in [-0.1, -0.05) is 12.1 Å². The molecule has 1 saturated heterocycles. The highest BCUT2D eigenvalue weighted by Gasteiger charge is 2.26. The van der Waals surface area contributed by atoms with Gasteiger partial charge in [0, 0.05) is 6.04 Å². The van der Waals surface area contributed by atoms with Crippen LogP contribution in [0.3, 0.4) is 0 Å². The van der Waals surface area contributed by atoms with E-state index in [-0.39, 0.29) is 23.1 Å². The minimum atomic E-state index is -3.45. The Morgan fingerprint density at radius 3 is 2.35 bits per heavy atom. The fraction of sp³-hybridized carbons (Fsp3) is 0.571. The molecule has 0 saturated carbocycles. The zero-order valence-electron chi connectivity index (χ0n) is 12.1. The van der Waals surface area contributed by atoms with Crippen LogP contribution in [-0.2, 0) is 14.8 Å². The summed E-state index contributed by atoms with van der Waals surface area (Å²) in [6.07, 6.45) is 2.12. The van der Waals surface area contributed by atoms with Crippen LogP contribution in [-0.4, -0.2) is 33.7 Å². The maximum Gasteiger partial charge on any atom is 0.242 e. The van der Waals surface area contributed by atoms with Crippen molar-refractivity contribution in [2.24, 2.45) is 0 Å². The Balaban J connectivity index is 2.22. The van der Waals surface area contributed by atoms with Crippen molar-refractivity contribution in [2.75, 3.05) is 12.4 Å². The van der Waals surface area contributed by atoms with Gasteiger partial charge in [0.15, 0.2) is 0 Å². The number of para-hydroxylation sites is 1. The first kappa shape index (κ1) is 15.3. The van der Waals surface area contributed by atoms with Crippen molar-refractivity contribution in [1.29, 1.82) is 0 Å². The summed E-state index contributed by atoms with van der Waals surface area (Å²) in [6, 6.07) is 7.20. The molecule has 1 aromatic carbocycles. The third-order valence-corrected chi connectivity index (χ3v) is 4.97. The molecule has 5 nitrogen and oxygen atoms in total. The number of sulfonamides is 1. The summed E-state index contributed by atoms with van der Waals surface area (Å²) >= 11 is 0. The predicted molar refractivity (Wildman–Crippen MR) is 79.3 cm³/mol. The lowest BCUT2D eigenvalue weighted by molar-refractivity contribution is -0.0338. The Morgan fingerprint density at radius 1 is 1.15 bits per heavy atom. The van der Waals surface area contributed by atoms with Gasteiger partial charge in [-0.2, -0.15) is 0 Å². The zero-order valence-corrected chi connectivity index (χ0v) is 12.9. The molecule has 6 heteroatoms. The minimum absolute atomic E-state index is 0.185. The minimum Gasteiger partial charge on any atom is -0.381 e. The highest BCUT2D eigenvalue weighted by atomic mass is 32.2. The normalized spacial score (nSPS) is 27.2. The second-order valence-corrected chi connectivity index (χ2v) is 7.13. The molecule has 0 aliphatic carbocycles. The van der Waals surface area contributed by atoms with Crippen LogP contribution in [0, 0.1) is 0 Å². The molecule has 1 aromatic rings. The van der Waals surface area contributed by atoms with Gasteiger partial charge in [-0.25, -0.2) is 13.1 Å². The molecular weight excluding hydrogens is 276 g/mol. The monoisotopic (exact) mass is 298 g/mol. The summed E-state index contributed by atoms with van der Waals surface area (Å²) in [5.41, 5.74) is 0.646. The van der Waals surface area contributed by atoms with Crippen molar-refractivity contribution in [1.82, 2.24) is 4.72 Å². The summed E-state index contributed by atoms with van der Waals surface area (Å²) in [6.45, 7) is 4.08. The van der Waals surface area contributed by atoms with E-state index in [4.69, 9.17) is 4.74 Å². The Morgan fingerprint density at radius 2 is 1.75 bits per heavy atom. The molecule has 0 bridgehead atoms. The molecule has 1 heterocycles. The van der Waals surface area contributed by atoms with E-state index in [1.54, 1.807) is 18.2 Å². The predicted octanol–water partition coefficient (Wildman–Crippen LogP) is 1.96. The fourth-order valence-corrected chi connectivity index (χ4v) is 3.57. The summed E-state index contributed by atoms with van der Waals surface area (Å²) in [5.74, 6) is 0. The molecule has 0 radical (unpaired) electrons. The first-order valence-corrected chi connectivity index (χ1v) is 8.35. The van der Waals surface area contributed by atoms with Crippen molar-refractivity contribution in [3.05, 3.63) is 24.3 Å². The Bertz CT molecular complexity index is 549. The standard InChI is InChI=1S/C14H22N2O3S/c1-10-8-12(9-11(2)19-10)16-13-6-4-5-7-14(13)20(17,18)15-3/h4-7,10-12,15-16H,8-9H2,1-3H3.